The number of esters is 1. The van der Waals surface area contributed by atoms with Gasteiger partial charge in [-0.15, -0.1) is 0 Å². The summed E-state index contributed by atoms with van der Waals surface area (Å²) in [6.45, 7) is 4.91. The van der Waals surface area contributed by atoms with E-state index in [0.29, 0.717) is 25.9 Å². The number of aliphatic hydroxyl groups excluding tert-OH is 2. The molecule has 0 saturated carbocycles. The van der Waals surface area contributed by atoms with E-state index in [2.05, 4.69) is 43.5 Å². The van der Waals surface area contributed by atoms with E-state index in [0.717, 1.165) is 77.0 Å². The van der Waals surface area contributed by atoms with E-state index in [1.807, 2.05) is 0 Å². The van der Waals surface area contributed by atoms with Gasteiger partial charge < -0.3 is 20.3 Å². The average molecular weight is 945 g/mol. The first-order chi connectivity index (χ1) is 33.0. The zero-order valence-corrected chi connectivity index (χ0v) is 45.1. The molecular formula is C61H117NO5. The van der Waals surface area contributed by atoms with Crippen LogP contribution in [-0.4, -0.2) is 47.4 Å². The molecule has 3 N–H and O–H groups in total. The number of rotatable bonds is 56. The molecule has 0 aromatic heterocycles. The van der Waals surface area contributed by atoms with Gasteiger partial charge in [0.15, 0.2) is 0 Å². The fourth-order valence-electron chi connectivity index (χ4n) is 9.34. The Kier molecular flexibility index (Phi) is 55.5. The Morgan fingerprint density at radius 3 is 1.06 bits per heavy atom. The Hall–Kier alpha value is -1.66. The molecule has 0 spiro atoms. The number of aliphatic hydroxyl groups is 2. The summed E-state index contributed by atoms with van der Waals surface area (Å²) in [5, 5.41) is 23.3. The molecule has 0 radical (unpaired) electrons. The number of nitrogens with one attached hydrogen (secondary N) is 1. The lowest BCUT2D eigenvalue weighted by Crippen LogP contribution is -2.45. The van der Waals surface area contributed by atoms with Crippen LogP contribution in [0.3, 0.4) is 0 Å². The van der Waals surface area contributed by atoms with Gasteiger partial charge in [0.25, 0.3) is 0 Å². The Balaban J connectivity index is 3.48. The van der Waals surface area contributed by atoms with Gasteiger partial charge in [-0.05, 0) is 83.5 Å². The van der Waals surface area contributed by atoms with Gasteiger partial charge in [0.1, 0.15) is 0 Å². The molecule has 0 heterocycles. The first-order valence-corrected chi connectivity index (χ1v) is 30.1. The predicted molar refractivity (Wildman–Crippen MR) is 292 cm³/mol. The maximum atomic E-state index is 12.5. The van der Waals surface area contributed by atoms with Crippen molar-refractivity contribution in [2.45, 2.75) is 341 Å². The van der Waals surface area contributed by atoms with Crippen LogP contribution in [0.5, 0.6) is 0 Å². The monoisotopic (exact) mass is 944 g/mol. The van der Waals surface area contributed by atoms with E-state index in [1.54, 1.807) is 0 Å². The normalized spacial score (nSPS) is 12.7. The lowest BCUT2D eigenvalue weighted by Gasteiger charge is -2.22. The van der Waals surface area contributed by atoms with E-state index in [4.69, 9.17) is 4.74 Å². The third-order valence-corrected chi connectivity index (χ3v) is 14.0. The maximum Gasteiger partial charge on any atom is 0.305 e. The number of hydrogen-bond donors (Lipinski definition) is 3. The standard InChI is InChI=1S/C61H117NO5/c1-3-5-7-9-11-13-15-17-19-21-23-24-25-27-29-33-37-41-45-49-53-59(64)58(57-63)62-60(65)54-50-46-42-38-34-31-32-36-40-44-48-52-56-67-61(66)55-51-47-43-39-35-30-28-26-22-20-18-16-14-12-10-8-6-4-2/h20,22,32,36,58-59,63-64H,3-19,21,23-31,33-35,37-57H2,1-2H3,(H,62,65)/b22-20-,36-32-. The number of unbranched alkanes of at least 4 members (excludes halogenated alkanes) is 41. The third-order valence-electron chi connectivity index (χ3n) is 14.0. The summed E-state index contributed by atoms with van der Waals surface area (Å²) >= 11 is 0. The molecule has 2 unspecified atom stereocenters. The quantitative estimate of drug-likeness (QED) is 0.0321. The highest BCUT2D eigenvalue weighted by molar-refractivity contribution is 5.76. The summed E-state index contributed by atoms with van der Waals surface area (Å²) in [5.74, 6) is -0.0830. The maximum absolute atomic E-state index is 12.5. The van der Waals surface area contributed by atoms with Crippen molar-refractivity contribution in [3.63, 3.8) is 0 Å². The van der Waals surface area contributed by atoms with Gasteiger partial charge in [0, 0.05) is 12.8 Å². The number of hydrogen-bond acceptors (Lipinski definition) is 5. The van der Waals surface area contributed by atoms with E-state index in [-0.39, 0.29) is 18.5 Å². The molecule has 396 valence electrons. The van der Waals surface area contributed by atoms with Gasteiger partial charge >= 0.3 is 5.97 Å². The SMILES string of the molecule is CCCCCCCCC/C=C\CCCCCCCCCC(=O)OCCCCC/C=C\CCCCCCCC(=O)NC(CO)C(O)CCCCCCCCCCCCCCCCCCCCCC. The largest absolute Gasteiger partial charge is 0.466 e. The lowest BCUT2D eigenvalue weighted by atomic mass is 10.0. The number of amides is 1. The van der Waals surface area contributed by atoms with Crippen molar-refractivity contribution in [3.05, 3.63) is 24.3 Å². The number of ether oxygens (including phenoxy) is 1. The molecule has 0 bridgehead atoms. The molecule has 6 nitrogen and oxygen atoms in total. The van der Waals surface area contributed by atoms with Gasteiger partial charge in [0.05, 0.1) is 25.4 Å². The van der Waals surface area contributed by atoms with Crippen LogP contribution in [0.1, 0.15) is 328 Å². The molecule has 0 aromatic carbocycles. The summed E-state index contributed by atoms with van der Waals surface area (Å²) in [7, 11) is 0. The molecule has 1 amide bonds. The number of allylic oxidation sites excluding steroid dienone is 4. The van der Waals surface area contributed by atoms with Crippen molar-refractivity contribution in [1.82, 2.24) is 5.32 Å². The van der Waals surface area contributed by atoms with Crippen molar-refractivity contribution in [1.29, 1.82) is 0 Å². The van der Waals surface area contributed by atoms with Crippen LogP contribution in [0.25, 0.3) is 0 Å². The molecule has 6 heteroatoms. The minimum atomic E-state index is -0.681. The molecular weight excluding hydrogens is 827 g/mol. The van der Waals surface area contributed by atoms with Crippen molar-refractivity contribution >= 4 is 11.9 Å². The number of carbonyl (C=O) groups excluding carboxylic acids is 2. The minimum Gasteiger partial charge on any atom is -0.466 e. The molecule has 0 aromatic rings. The minimum absolute atomic E-state index is 0.0248. The Bertz CT molecular complexity index is 1040. The van der Waals surface area contributed by atoms with E-state index in [9.17, 15) is 19.8 Å². The Morgan fingerprint density at radius 1 is 0.403 bits per heavy atom. The Morgan fingerprint density at radius 2 is 0.701 bits per heavy atom. The zero-order chi connectivity index (χ0) is 48.6. The fraction of sp³-hybridized carbons (Fsp3) is 0.902. The molecule has 0 fully saturated rings. The van der Waals surface area contributed by atoms with E-state index in [1.165, 1.54) is 218 Å². The Labute approximate surface area is 418 Å². The highest BCUT2D eigenvalue weighted by Gasteiger charge is 2.20. The average Bonchev–Trinajstić information content (AvgIpc) is 3.33. The second-order valence-electron chi connectivity index (χ2n) is 20.7. The highest BCUT2D eigenvalue weighted by Crippen LogP contribution is 2.17. The van der Waals surface area contributed by atoms with Crippen LogP contribution in [0.15, 0.2) is 24.3 Å². The van der Waals surface area contributed by atoms with E-state index >= 15 is 0 Å². The fourth-order valence-corrected chi connectivity index (χ4v) is 9.34. The van der Waals surface area contributed by atoms with Crippen molar-refractivity contribution in [3.8, 4) is 0 Å². The van der Waals surface area contributed by atoms with Gasteiger partial charge in [-0.2, -0.15) is 0 Å². The molecule has 67 heavy (non-hydrogen) atoms. The molecule has 0 aliphatic carbocycles. The lowest BCUT2D eigenvalue weighted by molar-refractivity contribution is -0.143. The summed E-state index contributed by atoms with van der Waals surface area (Å²) in [4.78, 5) is 24.6. The second kappa shape index (κ2) is 56.9. The van der Waals surface area contributed by atoms with Crippen LogP contribution in [0.4, 0.5) is 0 Å². The molecule has 0 aliphatic heterocycles. The summed E-state index contributed by atoms with van der Waals surface area (Å²) < 4.78 is 5.46. The van der Waals surface area contributed by atoms with Crippen LogP contribution < -0.4 is 5.32 Å². The first kappa shape index (κ1) is 65.3. The smallest absolute Gasteiger partial charge is 0.305 e. The summed E-state index contributed by atoms with van der Waals surface area (Å²) in [6, 6.07) is -0.561. The van der Waals surface area contributed by atoms with Gasteiger partial charge in [-0.1, -0.05) is 256 Å². The summed E-state index contributed by atoms with van der Waals surface area (Å²) in [5.41, 5.74) is 0. The topological polar surface area (TPSA) is 95.9 Å². The van der Waals surface area contributed by atoms with Crippen LogP contribution in [0.2, 0.25) is 0 Å². The van der Waals surface area contributed by atoms with Crippen molar-refractivity contribution < 1.29 is 24.5 Å². The number of carbonyl (C=O) groups is 2. The van der Waals surface area contributed by atoms with Gasteiger partial charge in [-0.3, -0.25) is 9.59 Å². The van der Waals surface area contributed by atoms with Crippen LogP contribution in [0, 0.1) is 0 Å². The summed E-state index contributed by atoms with van der Waals surface area (Å²) in [6.07, 6.45) is 68.9. The highest BCUT2D eigenvalue weighted by atomic mass is 16.5. The zero-order valence-electron chi connectivity index (χ0n) is 45.1. The van der Waals surface area contributed by atoms with Crippen LogP contribution >= 0.6 is 0 Å². The first-order valence-electron chi connectivity index (χ1n) is 30.1. The van der Waals surface area contributed by atoms with E-state index < -0.39 is 12.1 Å². The van der Waals surface area contributed by atoms with Crippen molar-refractivity contribution in [2.75, 3.05) is 13.2 Å². The molecule has 2 atom stereocenters. The second-order valence-corrected chi connectivity index (χ2v) is 20.7. The molecule has 0 aliphatic rings. The predicted octanol–water partition coefficient (Wildman–Crippen LogP) is 18.6. The van der Waals surface area contributed by atoms with Crippen LogP contribution in [-0.2, 0) is 14.3 Å². The van der Waals surface area contributed by atoms with Gasteiger partial charge in [-0.25, -0.2) is 0 Å². The van der Waals surface area contributed by atoms with Gasteiger partial charge in [0.2, 0.25) is 5.91 Å². The molecule has 0 saturated heterocycles. The molecule has 0 rings (SSSR count). The third kappa shape index (κ3) is 53.5. The van der Waals surface area contributed by atoms with Crippen molar-refractivity contribution in [2.24, 2.45) is 0 Å².